The highest BCUT2D eigenvalue weighted by molar-refractivity contribution is 6.06. The zero-order chi connectivity index (χ0) is 17.1. The van der Waals surface area contributed by atoms with Crippen LogP contribution >= 0.6 is 0 Å². The van der Waals surface area contributed by atoms with Crippen molar-refractivity contribution in [3.8, 4) is 5.75 Å². The maximum Gasteiger partial charge on any atom is 0.254 e. The van der Waals surface area contributed by atoms with Gasteiger partial charge in [0.1, 0.15) is 5.75 Å². The van der Waals surface area contributed by atoms with E-state index in [9.17, 15) is 4.79 Å². The molecular weight excluding hydrogens is 300 g/mol. The number of aromatic nitrogens is 1. The van der Waals surface area contributed by atoms with Crippen LogP contribution in [0.5, 0.6) is 5.75 Å². The number of fused-ring (bicyclic) bond motifs is 1. The lowest BCUT2D eigenvalue weighted by molar-refractivity contribution is 0.0743. The van der Waals surface area contributed by atoms with Gasteiger partial charge in [-0.2, -0.15) is 0 Å². The lowest BCUT2D eigenvalue weighted by Gasteiger charge is -2.27. The maximum absolute atomic E-state index is 13.0. The number of rotatable bonds is 4. The lowest BCUT2D eigenvalue weighted by Crippen LogP contribution is -2.30. The van der Waals surface area contributed by atoms with Crippen molar-refractivity contribution >= 4 is 16.8 Å². The average molecular weight is 320 g/mol. The van der Waals surface area contributed by atoms with Crippen LogP contribution < -0.4 is 4.74 Å². The molecule has 0 bridgehead atoms. The first kappa shape index (κ1) is 16.0. The number of methoxy groups -OCH3 is 1. The standard InChI is InChI=1S/C20H20N2O2/c1-14(15-8-5-7-11-19(15)24-3)22(2)20(23)17-12-13-21-18-10-6-4-9-16(17)18/h4-14H,1-3H3. The Hall–Kier alpha value is -2.88. The fourth-order valence-electron chi connectivity index (χ4n) is 2.87. The Morgan fingerprint density at radius 1 is 1.08 bits per heavy atom. The largest absolute Gasteiger partial charge is 0.496 e. The number of pyridine rings is 1. The second kappa shape index (κ2) is 6.71. The molecule has 0 radical (unpaired) electrons. The predicted molar refractivity (Wildman–Crippen MR) is 95.2 cm³/mol. The van der Waals surface area contributed by atoms with Gasteiger partial charge in [-0.1, -0.05) is 36.4 Å². The van der Waals surface area contributed by atoms with E-state index < -0.39 is 0 Å². The van der Waals surface area contributed by atoms with E-state index in [2.05, 4.69) is 4.98 Å². The smallest absolute Gasteiger partial charge is 0.254 e. The number of ether oxygens (including phenoxy) is 1. The third kappa shape index (κ3) is 2.83. The van der Waals surface area contributed by atoms with E-state index in [-0.39, 0.29) is 11.9 Å². The normalized spacial score (nSPS) is 12.0. The number of carbonyl (C=O) groups is 1. The van der Waals surface area contributed by atoms with Gasteiger partial charge in [-0.3, -0.25) is 9.78 Å². The molecule has 0 N–H and O–H groups in total. The fraction of sp³-hybridized carbons (Fsp3) is 0.200. The van der Waals surface area contributed by atoms with Crippen molar-refractivity contribution in [2.24, 2.45) is 0 Å². The van der Waals surface area contributed by atoms with Gasteiger partial charge in [-0.25, -0.2) is 0 Å². The van der Waals surface area contributed by atoms with Gasteiger partial charge in [0, 0.05) is 24.2 Å². The Kier molecular flexibility index (Phi) is 4.47. The van der Waals surface area contributed by atoms with Gasteiger partial charge < -0.3 is 9.64 Å². The number of amides is 1. The molecule has 4 heteroatoms. The summed E-state index contributed by atoms with van der Waals surface area (Å²) in [5, 5.41) is 0.865. The molecular formula is C20H20N2O2. The number of hydrogen-bond acceptors (Lipinski definition) is 3. The molecule has 1 atom stereocenters. The van der Waals surface area contributed by atoms with Crippen molar-refractivity contribution in [3.05, 3.63) is 71.9 Å². The Bertz CT molecular complexity index is 871. The molecule has 0 fully saturated rings. The van der Waals surface area contributed by atoms with Crippen LogP contribution in [0.1, 0.15) is 28.9 Å². The molecule has 1 heterocycles. The van der Waals surface area contributed by atoms with Crippen LogP contribution in [0.3, 0.4) is 0 Å². The quantitative estimate of drug-likeness (QED) is 0.727. The second-order valence-corrected chi connectivity index (χ2v) is 5.71. The van der Waals surface area contributed by atoms with E-state index in [0.717, 1.165) is 22.2 Å². The van der Waals surface area contributed by atoms with Crippen molar-refractivity contribution in [2.75, 3.05) is 14.2 Å². The van der Waals surface area contributed by atoms with Gasteiger partial charge in [0.15, 0.2) is 0 Å². The van der Waals surface area contributed by atoms with E-state index in [1.54, 1.807) is 24.3 Å². The highest BCUT2D eigenvalue weighted by Crippen LogP contribution is 2.29. The molecule has 3 rings (SSSR count). The van der Waals surface area contributed by atoms with E-state index in [1.807, 2.05) is 62.5 Å². The van der Waals surface area contributed by atoms with Gasteiger partial charge in [0.25, 0.3) is 5.91 Å². The van der Waals surface area contributed by atoms with Gasteiger partial charge in [-0.15, -0.1) is 0 Å². The molecule has 0 aliphatic rings. The Balaban J connectivity index is 1.97. The number of para-hydroxylation sites is 2. The molecule has 1 amide bonds. The summed E-state index contributed by atoms with van der Waals surface area (Å²) in [5.74, 6) is 0.747. The maximum atomic E-state index is 13.0. The van der Waals surface area contributed by atoms with Crippen LogP contribution in [0.25, 0.3) is 10.9 Å². The molecule has 24 heavy (non-hydrogen) atoms. The minimum atomic E-state index is -0.111. The number of hydrogen-bond donors (Lipinski definition) is 0. The SMILES string of the molecule is COc1ccccc1C(C)N(C)C(=O)c1ccnc2ccccc12. The molecule has 122 valence electrons. The van der Waals surface area contributed by atoms with E-state index >= 15 is 0 Å². The molecule has 0 aliphatic heterocycles. The van der Waals surface area contributed by atoms with Crippen LogP contribution in [0.2, 0.25) is 0 Å². The number of nitrogens with zero attached hydrogens (tertiary/aromatic N) is 2. The molecule has 0 saturated heterocycles. The fourth-order valence-corrected chi connectivity index (χ4v) is 2.87. The zero-order valence-electron chi connectivity index (χ0n) is 14.1. The van der Waals surface area contributed by atoms with Gasteiger partial charge in [0.2, 0.25) is 0 Å². The minimum Gasteiger partial charge on any atom is -0.496 e. The van der Waals surface area contributed by atoms with Crippen LogP contribution in [-0.2, 0) is 0 Å². The van der Waals surface area contributed by atoms with E-state index in [4.69, 9.17) is 4.74 Å². The zero-order valence-corrected chi connectivity index (χ0v) is 14.1. The molecule has 0 spiro atoms. The summed E-state index contributed by atoms with van der Waals surface area (Å²) in [4.78, 5) is 19.1. The van der Waals surface area contributed by atoms with Crippen molar-refractivity contribution in [3.63, 3.8) is 0 Å². The van der Waals surface area contributed by atoms with Gasteiger partial charge >= 0.3 is 0 Å². The van der Waals surface area contributed by atoms with Crippen molar-refractivity contribution in [1.82, 2.24) is 9.88 Å². The summed E-state index contributed by atoms with van der Waals surface area (Å²) in [5.41, 5.74) is 2.46. The number of carbonyl (C=O) groups excluding carboxylic acids is 1. The molecule has 1 unspecified atom stereocenters. The molecule has 4 nitrogen and oxygen atoms in total. The van der Waals surface area contributed by atoms with Crippen LogP contribution in [0.15, 0.2) is 60.8 Å². The third-order valence-corrected chi connectivity index (χ3v) is 4.37. The van der Waals surface area contributed by atoms with E-state index in [0.29, 0.717) is 5.56 Å². The molecule has 0 saturated carbocycles. The van der Waals surface area contributed by atoms with E-state index in [1.165, 1.54) is 0 Å². The Morgan fingerprint density at radius 2 is 1.79 bits per heavy atom. The Labute approximate surface area is 141 Å². The predicted octanol–water partition coefficient (Wildman–Crippen LogP) is 4.08. The molecule has 3 aromatic rings. The first-order chi connectivity index (χ1) is 11.6. The molecule has 0 aliphatic carbocycles. The molecule has 1 aromatic heterocycles. The average Bonchev–Trinajstić information content (AvgIpc) is 2.65. The third-order valence-electron chi connectivity index (χ3n) is 4.37. The first-order valence-electron chi connectivity index (χ1n) is 7.87. The highest BCUT2D eigenvalue weighted by atomic mass is 16.5. The summed E-state index contributed by atoms with van der Waals surface area (Å²) in [6.07, 6.45) is 1.68. The summed E-state index contributed by atoms with van der Waals surface area (Å²) in [7, 11) is 3.46. The monoisotopic (exact) mass is 320 g/mol. The van der Waals surface area contributed by atoms with Gasteiger partial charge in [0.05, 0.1) is 24.2 Å². The van der Waals surface area contributed by atoms with Crippen molar-refractivity contribution < 1.29 is 9.53 Å². The van der Waals surface area contributed by atoms with Crippen LogP contribution in [0, 0.1) is 0 Å². The minimum absolute atomic E-state index is 0.0352. The highest BCUT2D eigenvalue weighted by Gasteiger charge is 2.22. The van der Waals surface area contributed by atoms with Crippen LogP contribution in [-0.4, -0.2) is 29.9 Å². The lowest BCUT2D eigenvalue weighted by atomic mass is 10.0. The summed E-state index contributed by atoms with van der Waals surface area (Å²) < 4.78 is 5.42. The summed E-state index contributed by atoms with van der Waals surface area (Å²) >= 11 is 0. The second-order valence-electron chi connectivity index (χ2n) is 5.71. The number of benzene rings is 2. The molecule has 2 aromatic carbocycles. The topological polar surface area (TPSA) is 42.4 Å². The van der Waals surface area contributed by atoms with Gasteiger partial charge in [-0.05, 0) is 25.1 Å². The van der Waals surface area contributed by atoms with Crippen molar-refractivity contribution in [1.29, 1.82) is 0 Å². The summed E-state index contributed by atoms with van der Waals surface area (Å²) in [6.45, 7) is 2.00. The van der Waals surface area contributed by atoms with Crippen LogP contribution in [0.4, 0.5) is 0 Å². The first-order valence-corrected chi connectivity index (χ1v) is 7.87. The van der Waals surface area contributed by atoms with Crippen molar-refractivity contribution in [2.45, 2.75) is 13.0 Å². The summed E-state index contributed by atoms with van der Waals surface area (Å²) in [6, 6.07) is 17.1. The Morgan fingerprint density at radius 3 is 2.58 bits per heavy atom.